The van der Waals surface area contributed by atoms with Crippen molar-refractivity contribution in [2.45, 2.75) is 25.2 Å². The highest BCUT2D eigenvalue weighted by molar-refractivity contribution is 7.71. The highest BCUT2D eigenvalue weighted by atomic mass is 32.1. The van der Waals surface area contributed by atoms with E-state index >= 15 is 0 Å². The Hall–Kier alpha value is -1.41. The Labute approximate surface area is 107 Å². The summed E-state index contributed by atoms with van der Waals surface area (Å²) in [6.07, 6.45) is 4.10. The predicted octanol–water partition coefficient (Wildman–Crippen LogP) is 4.68. The molecule has 0 amide bonds. The Morgan fingerprint density at radius 1 is 1.00 bits per heavy atom. The van der Waals surface area contributed by atoms with E-state index in [4.69, 9.17) is 12.2 Å². The van der Waals surface area contributed by atoms with Gasteiger partial charge in [0.25, 0.3) is 0 Å². The summed E-state index contributed by atoms with van der Waals surface area (Å²) in [6.45, 7) is 0. The van der Waals surface area contributed by atoms with Crippen LogP contribution < -0.4 is 0 Å². The summed E-state index contributed by atoms with van der Waals surface area (Å²) >= 11 is 5.14. The Kier molecular flexibility index (Phi) is 2.81. The maximum absolute atomic E-state index is 5.14. The summed E-state index contributed by atoms with van der Waals surface area (Å²) in [5.74, 6) is 0.804. The molecule has 0 bridgehead atoms. The van der Waals surface area contributed by atoms with Crippen molar-refractivity contribution < 1.29 is 0 Å². The molecule has 1 aromatic heterocycles. The predicted molar refractivity (Wildman–Crippen MR) is 73.7 cm³/mol. The van der Waals surface area contributed by atoms with Crippen molar-refractivity contribution in [1.82, 2.24) is 4.98 Å². The minimum Gasteiger partial charge on any atom is -0.346 e. The lowest BCUT2D eigenvalue weighted by Crippen LogP contribution is -2.08. The van der Waals surface area contributed by atoms with Crippen molar-refractivity contribution in [2.75, 3.05) is 0 Å². The number of hydrogen-bond acceptors (Lipinski definition) is 1. The van der Waals surface area contributed by atoms with Gasteiger partial charge in [0, 0.05) is 5.69 Å². The van der Waals surface area contributed by atoms with E-state index in [1.165, 1.54) is 30.4 Å². The molecule has 1 N–H and O–H groups in total. The molecule has 1 fully saturated rings. The monoisotopic (exact) mass is 241 g/mol. The summed E-state index contributed by atoms with van der Waals surface area (Å²) in [5.41, 5.74) is 3.78. The third-order valence-electron chi connectivity index (χ3n) is 3.57. The van der Waals surface area contributed by atoms with Gasteiger partial charge in [-0.05, 0) is 42.0 Å². The molecule has 1 aliphatic rings. The lowest BCUT2D eigenvalue weighted by Gasteiger charge is -2.25. The average molecular weight is 241 g/mol. The fourth-order valence-corrected chi connectivity index (χ4v) is 2.48. The van der Waals surface area contributed by atoms with E-state index < -0.39 is 0 Å². The van der Waals surface area contributed by atoms with E-state index in [0.717, 1.165) is 16.3 Å². The Bertz CT molecular complexity index is 564. The first-order valence-corrected chi connectivity index (χ1v) is 6.53. The Balaban J connectivity index is 1.91. The van der Waals surface area contributed by atoms with E-state index in [-0.39, 0.29) is 0 Å². The largest absolute Gasteiger partial charge is 0.346 e. The molecule has 1 aromatic carbocycles. The van der Waals surface area contributed by atoms with Gasteiger partial charge in [-0.3, -0.25) is 0 Å². The number of rotatable bonds is 2. The van der Waals surface area contributed by atoms with Crippen molar-refractivity contribution in [2.24, 2.45) is 0 Å². The molecule has 0 spiro atoms. The van der Waals surface area contributed by atoms with Crippen LogP contribution in [0, 0.1) is 4.64 Å². The Morgan fingerprint density at radius 2 is 1.76 bits per heavy atom. The highest BCUT2D eigenvalue weighted by Gasteiger charge is 2.18. The second-order valence-corrected chi connectivity index (χ2v) is 5.12. The zero-order valence-electron chi connectivity index (χ0n) is 9.65. The van der Waals surface area contributed by atoms with Crippen LogP contribution in [0.15, 0.2) is 42.5 Å². The molecule has 2 aromatic rings. The van der Waals surface area contributed by atoms with Crippen LogP contribution in [0.3, 0.4) is 0 Å². The number of aromatic amines is 1. The van der Waals surface area contributed by atoms with E-state index in [0.29, 0.717) is 0 Å². The first kappa shape index (κ1) is 10.7. The van der Waals surface area contributed by atoms with Crippen LogP contribution in [0.4, 0.5) is 0 Å². The van der Waals surface area contributed by atoms with Crippen molar-refractivity contribution >= 4 is 12.2 Å². The van der Waals surface area contributed by atoms with Crippen molar-refractivity contribution in [1.29, 1.82) is 0 Å². The molecule has 0 saturated heterocycles. The number of nitrogens with one attached hydrogen (secondary N) is 1. The van der Waals surface area contributed by atoms with Crippen LogP contribution in [-0.2, 0) is 0 Å². The number of H-pyrrole nitrogens is 1. The number of benzene rings is 1. The zero-order valence-corrected chi connectivity index (χ0v) is 10.5. The molecule has 3 rings (SSSR count). The second kappa shape index (κ2) is 4.46. The minimum absolute atomic E-state index is 0.783. The molecule has 17 heavy (non-hydrogen) atoms. The molecule has 0 aliphatic heterocycles. The molecule has 2 heteroatoms. The summed E-state index contributed by atoms with van der Waals surface area (Å²) in [5, 5.41) is 0. The lowest BCUT2D eigenvalue weighted by molar-refractivity contribution is 0.420. The third-order valence-corrected chi connectivity index (χ3v) is 3.80. The van der Waals surface area contributed by atoms with Crippen LogP contribution in [0.2, 0.25) is 0 Å². The smallest absolute Gasteiger partial charge is 0.103 e. The van der Waals surface area contributed by atoms with Gasteiger partial charge in [0.15, 0.2) is 0 Å². The van der Waals surface area contributed by atoms with Gasteiger partial charge in [-0.2, -0.15) is 0 Å². The quantitative estimate of drug-likeness (QED) is 0.755. The molecule has 0 radical (unpaired) electrons. The molecular formula is C15H15NS. The van der Waals surface area contributed by atoms with Gasteiger partial charge in [0.2, 0.25) is 0 Å². The minimum atomic E-state index is 0.783. The van der Waals surface area contributed by atoms with E-state index in [1.807, 2.05) is 12.1 Å². The number of hydrogen-bond donors (Lipinski definition) is 1. The van der Waals surface area contributed by atoms with Crippen LogP contribution in [0.25, 0.3) is 11.3 Å². The van der Waals surface area contributed by atoms with Gasteiger partial charge in [0.05, 0.1) is 0 Å². The number of aromatic nitrogens is 1. The molecule has 1 saturated carbocycles. The van der Waals surface area contributed by atoms with Crippen LogP contribution >= 0.6 is 12.2 Å². The average Bonchev–Trinajstić information content (AvgIpc) is 2.28. The zero-order chi connectivity index (χ0) is 11.7. The molecule has 0 atom stereocenters. The molecule has 86 valence electrons. The third kappa shape index (κ3) is 2.18. The van der Waals surface area contributed by atoms with Crippen LogP contribution in [0.1, 0.15) is 30.7 Å². The van der Waals surface area contributed by atoms with Crippen molar-refractivity contribution in [3.63, 3.8) is 0 Å². The maximum atomic E-state index is 5.14. The van der Waals surface area contributed by atoms with Gasteiger partial charge in [0.1, 0.15) is 4.64 Å². The van der Waals surface area contributed by atoms with Gasteiger partial charge in [-0.1, -0.05) is 49.0 Å². The van der Waals surface area contributed by atoms with Crippen LogP contribution in [0.5, 0.6) is 0 Å². The maximum Gasteiger partial charge on any atom is 0.103 e. The summed E-state index contributed by atoms with van der Waals surface area (Å²) in [6, 6.07) is 14.8. The fraction of sp³-hybridized carbons (Fsp3) is 0.267. The molecule has 1 heterocycles. The van der Waals surface area contributed by atoms with E-state index in [9.17, 15) is 0 Å². The van der Waals surface area contributed by atoms with Crippen LogP contribution in [-0.4, -0.2) is 4.98 Å². The normalized spacial score (nSPS) is 15.5. The fourth-order valence-electron chi connectivity index (χ4n) is 2.29. The van der Waals surface area contributed by atoms with Gasteiger partial charge in [-0.25, -0.2) is 0 Å². The molecular weight excluding hydrogens is 226 g/mol. The first-order valence-electron chi connectivity index (χ1n) is 6.12. The van der Waals surface area contributed by atoms with Crippen molar-refractivity contribution in [3.05, 3.63) is 52.7 Å². The number of pyridine rings is 1. The van der Waals surface area contributed by atoms with E-state index in [1.54, 1.807) is 0 Å². The van der Waals surface area contributed by atoms with Gasteiger partial charge >= 0.3 is 0 Å². The second-order valence-electron chi connectivity index (χ2n) is 4.68. The summed E-state index contributed by atoms with van der Waals surface area (Å²) in [4.78, 5) is 3.22. The van der Waals surface area contributed by atoms with E-state index in [2.05, 4.69) is 35.3 Å². The standard InChI is InChI=1S/C15H15NS/c17-15-6-2-5-14(16-15)13-9-7-12(8-10-13)11-3-1-4-11/h2,5-11H,1,3-4H2,(H,16,17). The van der Waals surface area contributed by atoms with Gasteiger partial charge in [-0.15, -0.1) is 0 Å². The Morgan fingerprint density at radius 3 is 2.35 bits per heavy atom. The highest BCUT2D eigenvalue weighted by Crippen LogP contribution is 2.36. The molecule has 1 aliphatic carbocycles. The molecule has 1 nitrogen and oxygen atoms in total. The van der Waals surface area contributed by atoms with Crippen molar-refractivity contribution in [3.8, 4) is 11.3 Å². The summed E-state index contributed by atoms with van der Waals surface area (Å²) in [7, 11) is 0. The summed E-state index contributed by atoms with van der Waals surface area (Å²) < 4.78 is 0.783. The SMILES string of the molecule is S=c1cccc(-c2ccc(C3CCC3)cc2)[nH]1. The lowest BCUT2D eigenvalue weighted by atomic mass is 9.80. The molecule has 0 unspecified atom stereocenters. The first-order chi connectivity index (χ1) is 8.33. The topological polar surface area (TPSA) is 15.8 Å². The van der Waals surface area contributed by atoms with Gasteiger partial charge < -0.3 is 4.98 Å².